The lowest BCUT2D eigenvalue weighted by Crippen LogP contribution is -2.14. The maximum atomic E-state index is 5.83. The van der Waals surface area contributed by atoms with Crippen LogP contribution in [0.1, 0.15) is 0 Å². The van der Waals surface area contributed by atoms with Crippen molar-refractivity contribution in [3.05, 3.63) is 41.6 Å². The van der Waals surface area contributed by atoms with E-state index in [2.05, 4.69) is 15.3 Å². The monoisotopic (exact) mass is 248 g/mol. The second kappa shape index (κ2) is 5.61. The first kappa shape index (κ1) is 11.8. The minimum absolute atomic E-state index is 0.570. The number of hydrogen-bond acceptors (Lipinski definition) is 4. The van der Waals surface area contributed by atoms with Crippen molar-refractivity contribution in [2.75, 3.05) is 18.4 Å². The zero-order valence-electron chi connectivity index (χ0n) is 9.23. The topological polar surface area (TPSA) is 63.8 Å². The van der Waals surface area contributed by atoms with E-state index < -0.39 is 0 Å². The maximum absolute atomic E-state index is 5.83. The lowest BCUT2D eigenvalue weighted by molar-refractivity contribution is 1.01. The predicted molar refractivity (Wildman–Crippen MR) is 70.0 cm³/mol. The van der Waals surface area contributed by atoms with E-state index in [-0.39, 0.29) is 0 Å². The molecule has 0 radical (unpaired) electrons. The molecule has 0 aliphatic heterocycles. The van der Waals surface area contributed by atoms with Crippen LogP contribution in [0.3, 0.4) is 0 Å². The maximum Gasteiger partial charge on any atom is 0.161 e. The van der Waals surface area contributed by atoms with Gasteiger partial charge in [0.2, 0.25) is 0 Å². The Morgan fingerprint density at radius 1 is 1.18 bits per heavy atom. The van der Waals surface area contributed by atoms with Crippen LogP contribution in [0.2, 0.25) is 5.02 Å². The molecule has 2 aromatic rings. The molecular formula is C12H13ClN4. The number of nitrogens with zero attached hydrogens (tertiary/aromatic N) is 2. The number of nitrogens with one attached hydrogen (secondary N) is 1. The largest absolute Gasteiger partial charge is 0.369 e. The highest BCUT2D eigenvalue weighted by atomic mass is 35.5. The fourth-order valence-electron chi connectivity index (χ4n) is 1.40. The van der Waals surface area contributed by atoms with Crippen molar-refractivity contribution < 1.29 is 0 Å². The van der Waals surface area contributed by atoms with Crippen LogP contribution < -0.4 is 11.1 Å². The summed E-state index contributed by atoms with van der Waals surface area (Å²) >= 11 is 5.83. The van der Waals surface area contributed by atoms with Gasteiger partial charge in [0.15, 0.2) is 5.82 Å². The molecule has 0 unspecified atom stereocenters. The van der Waals surface area contributed by atoms with Crippen molar-refractivity contribution in [3.63, 3.8) is 0 Å². The van der Waals surface area contributed by atoms with Gasteiger partial charge in [0.25, 0.3) is 0 Å². The second-order valence-electron chi connectivity index (χ2n) is 3.49. The van der Waals surface area contributed by atoms with Crippen LogP contribution >= 0.6 is 11.6 Å². The van der Waals surface area contributed by atoms with Crippen molar-refractivity contribution in [1.82, 2.24) is 9.97 Å². The van der Waals surface area contributed by atoms with Gasteiger partial charge >= 0.3 is 0 Å². The van der Waals surface area contributed by atoms with Gasteiger partial charge in [-0.2, -0.15) is 0 Å². The molecular weight excluding hydrogens is 236 g/mol. The number of hydrogen-bond donors (Lipinski definition) is 2. The van der Waals surface area contributed by atoms with Crippen LogP contribution in [0.5, 0.6) is 0 Å². The smallest absolute Gasteiger partial charge is 0.161 e. The van der Waals surface area contributed by atoms with Gasteiger partial charge < -0.3 is 11.1 Å². The zero-order chi connectivity index (χ0) is 12.1. The summed E-state index contributed by atoms with van der Waals surface area (Å²) in [4.78, 5) is 8.61. The highest BCUT2D eigenvalue weighted by Gasteiger charge is 2.02. The lowest BCUT2D eigenvalue weighted by Gasteiger charge is -2.05. The molecule has 0 atom stereocenters. The fourth-order valence-corrected chi connectivity index (χ4v) is 1.52. The molecule has 17 heavy (non-hydrogen) atoms. The molecule has 3 N–H and O–H groups in total. The normalized spacial score (nSPS) is 10.2. The van der Waals surface area contributed by atoms with Crippen molar-refractivity contribution in [1.29, 1.82) is 0 Å². The van der Waals surface area contributed by atoms with E-state index in [9.17, 15) is 0 Å². The summed E-state index contributed by atoms with van der Waals surface area (Å²) in [5.41, 5.74) is 6.36. The summed E-state index contributed by atoms with van der Waals surface area (Å²) in [6.45, 7) is 1.26. The lowest BCUT2D eigenvalue weighted by atomic mass is 10.2. The molecule has 0 fully saturated rings. The van der Waals surface area contributed by atoms with Gasteiger partial charge in [0.1, 0.15) is 5.82 Å². The average molecular weight is 249 g/mol. The SMILES string of the molecule is NCCNc1ccnc(-c2ccc(Cl)cc2)n1. The minimum atomic E-state index is 0.570. The van der Waals surface area contributed by atoms with Crippen LogP contribution in [0.15, 0.2) is 36.5 Å². The van der Waals surface area contributed by atoms with Crippen molar-refractivity contribution in [2.45, 2.75) is 0 Å². The summed E-state index contributed by atoms with van der Waals surface area (Å²) in [5, 5.41) is 3.81. The molecule has 4 nitrogen and oxygen atoms in total. The molecule has 2 rings (SSSR count). The van der Waals surface area contributed by atoms with Gasteiger partial charge in [0, 0.05) is 29.9 Å². The third-order valence-corrected chi connectivity index (χ3v) is 2.46. The number of anilines is 1. The van der Waals surface area contributed by atoms with E-state index in [4.69, 9.17) is 17.3 Å². The number of halogens is 1. The first-order chi connectivity index (χ1) is 8.29. The molecule has 5 heteroatoms. The highest BCUT2D eigenvalue weighted by Crippen LogP contribution is 2.18. The predicted octanol–water partition coefficient (Wildman–Crippen LogP) is 2.17. The molecule has 88 valence electrons. The molecule has 0 saturated heterocycles. The Hall–Kier alpha value is -1.65. The molecule has 0 amide bonds. The number of nitrogens with two attached hydrogens (primary N) is 1. The van der Waals surface area contributed by atoms with Crippen LogP contribution in [0, 0.1) is 0 Å². The van der Waals surface area contributed by atoms with Gasteiger partial charge in [-0.3, -0.25) is 0 Å². The Morgan fingerprint density at radius 2 is 1.94 bits per heavy atom. The summed E-state index contributed by atoms with van der Waals surface area (Å²) < 4.78 is 0. The van der Waals surface area contributed by atoms with E-state index in [0.717, 1.165) is 11.4 Å². The van der Waals surface area contributed by atoms with Gasteiger partial charge in [-0.25, -0.2) is 9.97 Å². The summed E-state index contributed by atoms with van der Waals surface area (Å²) in [7, 11) is 0. The van der Waals surface area contributed by atoms with Gasteiger partial charge in [-0.15, -0.1) is 0 Å². The zero-order valence-corrected chi connectivity index (χ0v) is 9.98. The Morgan fingerprint density at radius 3 is 2.65 bits per heavy atom. The molecule has 1 heterocycles. The Balaban J connectivity index is 2.23. The summed E-state index contributed by atoms with van der Waals surface area (Å²) in [6, 6.07) is 9.24. The Bertz CT molecular complexity index is 484. The van der Waals surface area contributed by atoms with Gasteiger partial charge in [-0.05, 0) is 30.3 Å². The first-order valence-electron chi connectivity index (χ1n) is 5.32. The Labute approximate surface area is 105 Å². The number of rotatable bonds is 4. The molecule has 0 aliphatic carbocycles. The second-order valence-corrected chi connectivity index (χ2v) is 3.92. The van der Waals surface area contributed by atoms with Crippen molar-refractivity contribution >= 4 is 17.4 Å². The van der Waals surface area contributed by atoms with E-state index in [0.29, 0.717) is 23.9 Å². The molecule has 1 aromatic heterocycles. The van der Waals surface area contributed by atoms with E-state index in [1.165, 1.54) is 0 Å². The van der Waals surface area contributed by atoms with Crippen LogP contribution in [-0.4, -0.2) is 23.1 Å². The van der Waals surface area contributed by atoms with Gasteiger partial charge in [0.05, 0.1) is 0 Å². The van der Waals surface area contributed by atoms with E-state index in [1.54, 1.807) is 6.20 Å². The van der Waals surface area contributed by atoms with Gasteiger partial charge in [-0.1, -0.05) is 11.6 Å². The van der Waals surface area contributed by atoms with E-state index >= 15 is 0 Å². The summed E-state index contributed by atoms with van der Waals surface area (Å²) in [6.07, 6.45) is 1.72. The van der Waals surface area contributed by atoms with Crippen molar-refractivity contribution in [2.24, 2.45) is 5.73 Å². The highest BCUT2D eigenvalue weighted by molar-refractivity contribution is 6.30. The third kappa shape index (κ3) is 3.15. The minimum Gasteiger partial charge on any atom is -0.369 e. The first-order valence-corrected chi connectivity index (χ1v) is 5.70. The summed E-state index contributed by atoms with van der Waals surface area (Å²) in [5.74, 6) is 1.44. The third-order valence-electron chi connectivity index (χ3n) is 2.21. The Kier molecular flexibility index (Phi) is 3.90. The van der Waals surface area contributed by atoms with Crippen LogP contribution in [0.25, 0.3) is 11.4 Å². The van der Waals surface area contributed by atoms with Crippen LogP contribution in [0.4, 0.5) is 5.82 Å². The standard InChI is InChI=1S/C12H13ClN4/c13-10-3-1-9(2-4-10)12-16-7-5-11(17-12)15-8-6-14/h1-5,7H,6,8,14H2,(H,15,16,17). The molecule has 1 aromatic carbocycles. The average Bonchev–Trinajstić information content (AvgIpc) is 2.37. The number of aromatic nitrogens is 2. The molecule has 0 saturated carbocycles. The molecule has 0 spiro atoms. The van der Waals surface area contributed by atoms with E-state index in [1.807, 2.05) is 30.3 Å². The fraction of sp³-hybridized carbons (Fsp3) is 0.167. The number of benzene rings is 1. The molecule has 0 aliphatic rings. The van der Waals surface area contributed by atoms with Crippen molar-refractivity contribution in [3.8, 4) is 11.4 Å². The molecule has 0 bridgehead atoms. The van der Waals surface area contributed by atoms with Crippen LogP contribution in [-0.2, 0) is 0 Å². The quantitative estimate of drug-likeness (QED) is 0.871.